The molecule has 1 unspecified atom stereocenters. The number of hydrogen-bond acceptors (Lipinski definition) is 6. The van der Waals surface area contributed by atoms with Gasteiger partial charge in [-0.15, -0.1) is 0 Å². The van der Waals surface area contributed by atoms with Crippen LogP contribution in [0.2, 0.25) is 0 Å². The van der Waals surface area contributed by atoms with Gasteiger partial charge in [-0.2, -0.15) is 25.8 Å². The summed E-state index contributed by atoms with van der Waals surface area (Å²) in [5, 5.41) is 16.8. The number of aliphatic hydroxyl groups is 1. The van der Waals surface area contributed by atoms with Crippen molar-refractivity contribution in [2.24, 2.45) is 0 Å². The fraction of sp³-hybridized carbons (Fsp3) is 0.500. The maximum absolute atomic E-state index is 14.4. The summed E-state index contributed by atoms with van der Waals surface area (Å²) in [7, 11) is 1.55. The number of nitrogens with one attached hydrogen (secondary N) is 2. The lowest BCUT2D eigenvalue weighted by Crippen LogP contribution is -2.55. The number of rotatable bonds is 7. The van der Waals surface area contributed by atoms with E-state index >= 15 is 0 Å². The Balaban J connectivity index is 1.81. The lowest BCUT2D eigenvalue weighted by atomic mass is 9.99. The van der Waals surface area contributed by atoms with E-state index in [-0.39, 0.29) is 44.9 Å². The minimum atomic E-state index is -4.48. The molecule has 2 amide bonds. The molecule has 1 aliphatic heterocycles. The number of alkyl halides is 3. The Morgan fingerprint density at radius 1 is 1.20 bits per heavy atom. The molecule has 1 aliphatic rings. The molecule has 0 radical (unpaired) electrons. The highest BCUT2D eigenvalue weighted by Gasteiger charge is 2.31. The van der Waals surface area contributed by atoms with Crippen LogP contribution in [0.3, 0.4) is 0 Å². The minimum Gasteiger partial charge on any atom is -0.493 e. The number of carbonyl (C=O) groups excluding carboxylic acids is 2. The van der Waals surface area contributed by atoms with E-state index in [1.807, 2.05) is 0 Å². The zero-order valence-corrected chi connectivity index (χ0v) is 23.1. The van der Waals surface area contributed by atoms with Crippen LogP contribution in [0.1, 0.15) is 42.4 Å². The number of ether oxygens (including phenoxy) is 1. The van der Waals surface area contributed by atoms with Crippen molar-refractivity contribution in [3.8, 4) is 5.75 Å². The van der Waals surface area contributed by atoms with Crippen molar-refractivity contribution in [2.75, 3.05) is 26.0 Å². The Morgan fingerprint density at radius 3 is 2.70 bits per heavy atom. The fourth-order valence-electron chi connectivity index (χ4n) is 4.54. The molecular formula is C28H35F4N3O4S. The Kier molecular flexibility index (Phi) is 11.6. The maximum atomic E-state index is 14.4. The van der Waals surface area contributed by atoms with Gasteiger partial charge >= 0.3 is 6.18 Å². The third-order valence-electron chi connectivity index (χ3n) is 6.74. The highest BCUT2D eigenvalue weighted by atomic mass is 32.1. The molecule has 2 aromatic carbocycles. The van der Waals surface area contributed by atoms with Crippen LogP contribution in [0.15, 0.2) is 42.5 Å². The number of carbonyl (C=O) groups is 2. The van der Waals surface area contributed by atoms with Crippen molar-refractivity contribution in [2.45, 2.75) is 63.0 Å². The zero-order chi connectivity index (χ0) is 29.3. The van der Waals surface area contributed by atoms with Crippen LogP contribution < -0.4 is 15.4 Å². The predicted molar refractivity (Wildman–Crippen MR) is 146 cm³/mol. The predicted octanol–water partition coefficient (Wildman–Crippen LogP) is 3.73. The first-order chi connectivity index (χ1) is 19.0. The van der Waals surface area contributed by atoms with E-state index < -0.39 is 41.7 Å². The van der Waals surface area contributed by atoms with Gasteiger partial charge in [-0.05, 0) is 60.8 Å². The lowest BCUT2D eigenvalue weighted by Gasteiger charge is -2.31. The Morgan fingerprint density at radius 2 is 1.98 bits per heavy atom. The molecule has 3 rings (SSSR count). The van der Waals surface area contributed by atoms with Crippen LogP contribution in [0.4, 0.5) is 17.6 Å². The van der Waals surface area contributed by atoms with E-state index in [0.29, 0.717) is 35.5 Å². The lowest BCUT2D eigenvalue weighted by molar-refractivity contribution is -0.139. The molecule has 12 heteroatoms. The van der Waals surface area contributed by atoms with E-state index in [2.05, 4.69) is 23.3 Å². The molecule has 3 N–H and O–H groups in total. The highest BCUT2D eigenvalue weighted by molar-refractivity contribution is 7.80. The van der Waals surface area contributed by atoms with Crippen LogP contribution >= 0.6 is 12.6 Å². The number of aliphatic hydroxyl groups excluding tert-OH is 1. The van der Waals surface area contributed by atoms with Gasteiger partial charge in [-0.1, -0.05) is 18.2 Å². The van der Waals surface area contributed by atoms with Gasteiger partial charge in [-0.25, -0.2) is 4.39 Å². The molecule has 40 heavy (non-hydrogen) atoms. The van der Waals surface area contributed by atoms with Crippen molar-refractivity contribution in [3.05, 3.63) is 65.0 Å². The molecule has 2 aromatic rings. The van der Waals surface area contributed by atoms with Crippen LogP contribution in [0.25, 0.3) is 0 Å². The monoisotopic (exact) mass is 585 g/mol. The SMILES string of the molecule is CN1C(=O)CCCCOc2cc(F)cc(c2)C[C@@H]([C@H](O)CNCc2cccc(C(F)(F)F)c2)NC(=O)C1CCS. The molecule has 0 saturated carbocycles. The average molecular weight is 586 g/mol. The Hall–Kier alpha value is -2.83. The standard InChI is InChI=1S/C28H35F4N3O4S/c1-35-24(8-10-40)27(38)34-23(25(36)17-33-16-18-5-4-6-20(11-18)28(30,31)32)14-19-12-21(29)15-22(13-19)39-9-3-2-7-26(35)37/h4-6,11-13,15,23-25,33,36,40H,2-3,7-10,14,16-17H2,1H3,(H,34,38)/t23-,24?,25+/m0/s1. The summed E-state index contributed by atoms with van der Waals surface area (Å²) in [4.78, 5) is 27.5. The fourth-order valence-corrected chi connectivity index (χ4v) is 4.79. The summed E-state index contributed by atoms with van der Waals surface area (Å²) < 4.78 is 59.2. The molecular weight excluding hydrogens is 550 g/mol. The van der Waals surface area contributed by atoms with Crippen LogP contribution in [-0.4, -0.2) is 66.0 Å². The van der Waals surface area contributed by atoms with Gasteiger partial charge < -0.3 is 25.4 Å². The third-order valence-corrected chi connectivity index (χ3v) is 6.99. The van der Waals surface area contributed by atoms with Crippen LogP contribution in [0, 0.1) is 5.82 Å². The number of amides is 2. The van der Waals surface area contributed by atoms with Gasteiger partial charge in [0.1, 0.15) is 17.6 Å². The summed E-state index contributed by atoms with van der Waals surface area (Å²) >= 11 is 4.23. The number of halogens is 4. The molecule has 0 aliphatic carbocycles. The first-order valence-electron chi connectivity index (χ1n) is 13.1. The van der Waals surface area contributed by atoms with Crippen molar-refractivity contribution in [3.63, 3.8) is 0 Å². The summed E-state index contributed by atoms with van der Waals surface area (Å²) in [6.07, 6.45) is -4.06. The second kappa shape index (κ2) is 14.7. The summed E-state index contributed by atoms with van der Waals surface area (Å²) in [5.41, 5.74) is 0.0655. The smallest absolute Gasteiger partial charge is 0.416 e. The summed E-state index contributed by atoms with van der Waals surface area (Å²) in [6.45, 7) is 0.244. The van der Waals surface area contributed by atoms with Crippen LogP contribution in [0.5, 0.6) is 5.75 Å². The molecule has 0 fully saturated rings. The number of nitrogens with zero attached hydrogens (tertiary/aromatic N) is 1. The molecule has 0 aromatic heterocycles. The average Bonchev–Trinajstić information content (AvgIpc) is 2.89. The number of hydrogen-bond donors (Lipinski definition) is 4. The third kappa shape index (κ3) is 9.38. The molecule has 220 valence electrons. The number of likely N-dealkylation sites (N-methyl/N-ethyl adjacent to an activating group) is 1. The summed E-state index contributed by atoms with van der Waals surface area (Å²) in [5.74, 6) is -0.619. The first kappa shape index (κ1) is 31.7. The van der Waals surface area contributed by atoms with Gasteiger partial charge in [0.15, 0.2) is 0 Å². The van der Waals surface area contributed by atoms with Gasteiger partial charge in [0, 0.05) is 32.6 Å². The van der Waals surface area contributed by atoms with E-state index in [1.54, 1.807) is 13.1 Å². The topological polar surface area (TPSA) is 90.9 Å². The maximum Gasteiger partial charge on any atom is 0.416 e. The van der Waals surface area contributed by atoms with Crippen molar-refractivity contribution >= 4 is 24.4 Å². The van der Waals surface area contributed by atoms with Gasteiger partial charge in [0.2, 0.25) is 11.8 Å². The second-order valence-electron chi connectivity index (χ2n) is 9.85. The molecule has 1 heterocycles. The van der Waals surface area contributed by atoms with E-state index in [9.17, 15) is 32.3 Å². The van der Waals surface area contributed by atoms with Gasteiger partial charge in [0.25, 0.3) is 0 Å². The van der Waals surface area contributed by atoms with Gasteiger partial charge in [-0.3, -0.25) is 9.59 Å². The molecule has 0 spiro atoms. The van der Waals surface area contributed by atoms with Gasteiger partial charge in [0.05, 0.1) is 24.3 Å². The Bertz CT molecular complexity index is 1150. The highest BCUT2D eigenvalue weighted by Crippen LogP contribution is 2.29. The quantitative estimate of drug-likeness (QED) is 0.294. The molecule has 7 nitrogen and oxygen atoms in total. The number of thiol groups is 1. The largest absolute Gasteiger partial charge is 0.493 e. The van der Waals surface area contributed by atoms with Crippen molar-refractivity contribution < 1.29 is 37.0 Å². The molecule has 3 atom stereocenters. The van der Waals surface area contributed by atoms with Crippen molar-refractivity contribution in [1.29, 1.82) is 0 Å². The first-order valence-corrected chi connectivity index (χ1v) is 13.7. The number of benzene rings is 2. The van der Waals surface area contributed by atoms with Crippen LogP contribution in [-0.2, 0) is 28.7 Å². The summed E-state index contributed by atoms with van der Waals surface area (Å²) in [6, 6.07) is 7.25. The zero-order valence-electron chi connectivity index (χ0n) is 22.2. The van der Waals surface area contributed by atoms with E-state index in [0.717, 1.165) is 12.1 Å². The second-order valence-corrected chi connectivity index (χ2v) is 10.3. The number of fused-ring (bicyclic) bond motifs is 2. The van der Waals surface area contributed by atoms with Crippen molar-refractivity contribution in [1.82, 2.24) is 15.5 Å². The van der Waals surface area contributed by atoms with E-state index in [4.69, 9.17) is 4.74 Å². The molecule has 2 bridgehead atoms. The van der Waals surface area contributed by atoms with E-state index in [1.165, 1.54) is 29.2 Å². The Labute approximate surface area is 236 Å². The molecule has 0 saturated heterocycles. The normalized spacial score (nSPS) is 20.2. The minimum absolute atomic E-state index is 0.0392.